The molecule has 0 radical (unpaired) electrons. The van der Waals surface area contributed by atoms with Crippen molar-refractivity contribution in [2.75, 3.05) is 13.1 Å². The summed E-state index contributed by atoms with van der Waals surface area (Å²) in [6.45, 7) is 1.13. The molecule has 0 saturated carbocycles. The van der Waals surface area contributed by atoms with Crippen molar-refractivity contribution >= 4 is 27.5 Å². The summed E-state index contributed by atoms with van der Waals surface area (Å²) in [6.07, 6.45) is 2.75. The Morgan fingerprint density at radius 1 is 1.04 bits per heavy atom. The van der Waals surface area contributed by atoms with E-state index in [1.807, 2.05) is 0 Å². The number of nitrogens with zero attached hydrogens (tertiary/aromatic N) is 1. The average molecular weight is 429 g/mol. The Bertz CT molecular complexity index is 975. The zero-order valence-electron chi connectivity index (χ0n) is 14.9. The summed E-state index contributed by atoms with van der Waals surface area (Å²) in [4.78, 5) is 12.3. The normalized spacial score (nSPS) is 15.4. The van der Waals surface area contributed by atoms with Gasteiger partial charge in [0.1, 0.15) is 0 Å². The second kappa shape index (κ2) is 8.55. The highest BCUT2D eigenvalue weighted by atomic mass is 35.5. The van der Waals surface area contributed by atoms with Gasteiger partial charge in [-0.1, -0.05) is 30.2 Å². The van der Waals surface area contributed by atoms with Crippen LogP contribution in [0.3, 0.4) is 0 Å². The molecule has 1 aliphatic heterocycles. The molecule has 0 aromatic heterocycles. The van der Waals surface area contributed by atoms with Crippen LogP contribution in [0, 0.1) is 11.6 Å². The van der Waals surface area contributed by atoms with E-state index >= 15 is 0 Å². The molecule has 5 nitrogen and oxygen atoms in total. The van der Waals surface area contributed by atoms with Gasteiger partial charge in [0.05, 0.1) is 15.5 Å². The highest BCUT2D eigenvalue weighted by Crippen LogP contribution is 2.22. The molecule has 1 fully saturated rings. The molecule has 1 aliphatic rings. The van der Waals surface area contributed by atoms with E-state index in [1.54, 1.807) is 12.1 Å². The third-order valence-corrected chi connectivity index (χ3v) is 6.81. The fourth-order valence-corrected chi connectivity index (χ4v) is 4.76. The third kappa shape index (κ3) is 4.51. The summed E-state index contributed by atoms with van der Waals surface area (Å²) < 4.78 is 53.1. The Balaban J connectivity index is 1.66. The number of sulfonamides is 1. The Hall–Kier alpha value is -2.03. The number of nitrogens with one attached hydrogen (secondary N) is 1. The van der Waals surface area contributed by atoms with Gasteiger partial charge in [0.25, 0.3) is 5.91 Å². The number of hydrogen-bond donors (Lipinski definition) is 1. The molecular formula is C19H19ClF2N2O3S. The van der Waals surface area contributed by atoms with Crippen LogP contribution in [0.1, 0.15) is 35.2 Å². The molecule has 9 heteroatoms. The van der Waals surface area contributed by atoms with Crippen molar-refractivity contribution in [3.63, 3.8) is 0 Å². The standard InChI is InChI=1S/C19H19ClF2N2O3S/c20-16-11-18(22)17(21)10-15(16)19(25)23-12-13-4-6-14(7-5-13)28(26,27)24-8-2-1-3-9-24/h4-7,10-11H,1-3,8-9,12H2,(H,23,25). The van der Waals surface area contributed by atoms with Gasteiger partial charge in [-0.15, -0.1) is 0 Å². The molecule has 28 heavy (non-hydrogen) atoms. The van der Waals surface area contributed by atoms with Crippen LogP contribution in [-0.2, 0) is 16.6 Å². The summed E-state index contributed by atoms with van der Waals surface area (Å²) in [5.41, 5.74) is 0.481. The lowest BCUT2D eigenvalue weighted by Gasteiger charge is -2.25. The number of piperidine rings is 1. The Morgan fingerprint density at radius 2 is 1.64 bits per heavy atom. The van der Waals surface area contributed by atoms with E-state index in [9.17, 15) is 22.0 Å². The van der Waals surface area contributed by atoms with Gasteiger partial charge in [0.2, 0.25) is 10.0 Å². The Labute approximate surface area is 167 Å². The second-order valence-electron chi connectivity index (χ2n) is 6.54. The molecule has 0 spiro atoms. The Morgan fingerprint density at radius 3 is 2.29 bits per heavy atom. The third-order valence-electron chi connectivity index (χ3n) is 4.58. The summed E-state index contributed by atoms with van der Waals surface area (Å²) in [5, 5.41) is 2.36. The molecule has 1 saturated heterocycles. The second-order valence-corrected chi connectivity index (χ2v) is 8.88. The van der Waals surface area contributed by atoms with E-state index in [4.69, 9.17) is 11.6 Å². The lowest BCUT2D eigenvalue weighted by molar-refractivity contribution is 0.0950. The van der Waals surface area contributed by atoms with Crippen LogP contribution in [0.5, 0.6) is 0 Å². The molecule has 0 unspecified atom stereocenters. The summed E-state index contributed by atoms with van der Waals surface area (Å²) >= 11 is 5.78. The van der Waals surface area contributed by atoms with Crippen molar-refractivity contribution in [2.45, 2.75) is 30.7 Å². The first-order valence-electron chi connectivity index (χ1n) is 8.81. The van der Waals surface area contributed by atoms with Gasteiger partial charge in [0.15, 0.2) is 11.6 Å². The van der Waals surface area contributed by atoms with Crippen molar-refractivity contribution in [1.82, 2.24) is 9.62 Å². The highest BCUT2D eigenvalue weighted by molar-refractivity contribution is 7.89. The number of halogens is 3. The summed E-state index contributed by atoms with van der Waals surface area (Å²) in [5.74, 6) is -2.96. The molecule has 2 aromatic carbocycles. The van der Waals surface area contributed by atoms with E-state index < -0.39 is 27.6 Å². The minimum absolute atomic E-state index is 0.0815. The predicted octanol–water partition coefficient (Wildman–Crippen LogP) is 3.72. The van der Waals surface area contributed by atoms with Crippen LogP contribution in [0.2, 0.25) is 5.02 Å². The van der Waals surface area contributed by atoms with Crippen molar-refractivity contribution in [2.24, 2.45) is 0 Å². The lowest BCUT2D eigenvalue weighted by atomic mass is 10.2. The van der Waals surface area contributed by atoms with Crippen LogP contribution in [0.25, 0.3) is 0 Å². The summed E-state index contributed by atoms with van der Waals surface area (Å²) in [6, 6.07) is 7.67. The van der Waals surface area contributed by atoms with E-state index in [0.29, 0.717) is 18.7 Å². The van der Waals surface area contributed by atoms with Gasteiger partial charge in [-0.25, -0.2) is 17.2 Å². The van der Waals surface area contributed by atoms with Crippen molar-refractivity contribution in [1.29, 1.82) is 0 Å². The highest BCUT2D eigenvalue weighted by Gasteiger charge is 2.25. The number of hydrogen-bond acceptors (Lipinski definition) is 3. The van der Waals surface area contributed by atoms with E-state index in [-0.39, 0.29) is 22.0 Å². The first kappa shape index (κ1) is 20.7. The van der Waals surface area contributed by atoms with Crippen LogP contribution in [0.15, 0.2) is 41.3 Å². The lowest BCUT2D eigenvalue weighted by Crippen LogP contribution is -2.35. The van der Waals surface area contributed by atoms with Crippen LogP contribution in [-0.4, -0.2) is 31.7 Å². The fourth-order valence-electron chi connectivity index (χ4n) is 3.01. The molecule has 1 heterocycles. The number of carbonyl (C=O) groups excluding carboxylic acids is 1. The van der Waals surface area contributed by atoms with Crippen LogP contribution < -0.4 is 5.32 Å². The minimum Gasteiger partial charge on any atom is -0.348 e. The van der Waals surface area contributed by atoms with Gasteiger partial charge >= 0.3 is 0 Å². The van der Waals surface area contributed by atoms with Gasteiger partial charge in [-0.2, -0.15) is 4.31 Å². The number of rotatable bonds is 5. The molecule has 1 N–H and O–H groups in total. The van der Waals surface area contributed by atoms with Gasteiger partial charge < -0.3 is 5.32 Å². The van der Waals surface area contributed by atoms with Crippen molar-refractivity contribution in [3.8, 4) is 0 Å². The molecule has 0 bridgehead atoms. The largest absolute Gasteiger partial charge is 0.348 e. The fraction of sp³-hybridized carbons (Fsp3) is 0.316. The molecular weight excluding hydrogens is 410 g/mol. The first-order chi connectivity index (χ1) is 13.3. The van der Waals surface area contributed by atoms with E-state index in [2.05, 4.69) is 5.32 Å². The molecule has 1 amide bonds. The zero-order valence-corrected chi connectivity index (χ0v) is 16.5. The summed E-state index contributed by atoms with van der Waals surface area (Å²) in [7, 11) is -3.52. The zero-order chi connectivity index (χ0) is 20.3. The Kier molecular flexibility index (Phi) is 6.32. The quantitative estimate of drug-likeness (QED) is 0.738. The molecule has 3 rings (SSSR count). The maximum absolute atomic E-state index is 13.3. The van der Waals surface area contributed by atoms with Crippen LogP contribution in [0.4, 0.5) is 8.78 Å². The first-order valence-corrected chi connectivity index (χ1v) is 10.6. The minimum atomic E-state index is -3.52. The maximum Gasteiger partial charge on any atom is 0.253 e. The average Bonchev–Trinajstić information content (AvgIpc) is 2.70. The van der Waals surface area contributed by atoms with Crippen molar-refractivity contribution < 1.29 is 22.0 Å². The van der Waals surface area contributed by atoms with Crippen LogP contribution >= 0.6 is 11.6 Å². The van der Waals surface area contributed by atoms with E-state index in [1.165, 1.54) is 16.4 Å². The predicted molar refractivity (Wildman–Crippen MR) is 102 cm³/mol. The van der Waals surface area contributed by atoms with E-state index in [0.717, 1.165) is 31.4 Å². The van der Waals surface area contributed by atoms with Gasteiger partial charge in [0, 0.05) is 19.6 Å². The number of amides is 1. The molecule has 150 valence electrons. The SMILES string of the molecule is O=C(NCc1ccc(S(=O)(=O)N2CCCCC2)cc1)c1cc(F)c(F)cc1Cl. The molecule has 0 atom stereocenters. The smallest absolute Gasteiger partial charge is 0.253 e. The van der Waals surface area contributed by atoms with Gasteiger partial charge in [-0.05, 0) is 42.7 Å². The topological polar surface area (TPSA) is 66.5 Å². The van der Waals surface area contributed by atoms with Gasteiger partial charge in [-0.3, -0.25) is 4.79 Å². The maximum atomic E-state index is 13.3. The number of benzene rings is 2. The van der Waals surface area contributed by atoms with Crippen molar-refractivity contribution in [3.05, 3.63) is 64.2 Å². The monoisotopic (exact) mass is 428 g/mol. The number of carbonyl (C=O) groups is 1. The molecule has 0 aliphatic carbocycles. The molecule has 2 aromatic rings.